The molecule has 5 heteroatoms. The van der Waals surface area contributed by atoms with Gasteiger partial charge in [0.25, 0.3) is 0 Å². The first kappa shape index (κ1) is 18.0. The summed E-state index contributed by atoms with van der Waals surface area (Å²) in [6.07, 6.45) is 0. The lowest BCUT2D eigenvalue weighted by Gasteiger charge is -2.37. The number of carbonyl (C=O) groups is 2. The van der Waals surface area contributed by atoms with Crippen LogP contribution in [0.3, 0.4) is 0 Å². The minimum atomic E-state index is -0.327. The van der Waals surface area contributed by atoms with Gasteiger partial charge in [0.2, 0.25) is 11.8 Å². The molecule has 0 aliphatic carbocycles. The molecule has 5 nitrogen and oxygen atoms in total. The van der Waals surface area contributed by atoms with Gasteiger partial charge >= 0.3 is 0 Å². The van der Waals surface area contributed by atoms with Crippen LogP contribution in [0.4, 0.5) is 0 Å². The van der Waals surface area contributed by atoms with Crippen LogP contribution in [-0.2, 0) is 9.59 Å². The number of rotatable bonds is 4. The van der Waals surface area contributed by atoms with Crippen molar-refractivity contribution in [3.8, 4) is 0 Å². The highest BCUT2D eigenvalue weighted by Gasteiger charge is 2.30. The zero-order chi connectivity index (χ0) is 16.2. The lowest BCUT2D eigenvalue weighted by molar-refractivity contribution is -0.141. The number of nitrogens with one attached hydrogen (secondary N) is 1. The van der Waals surface area contributed by atoms with Gasteiger partial charge in [-0.05, 0) is 12.8 Å². The van der Waals surface area contributed by atoms with Gasteiger partial charge in [0, 0.05) is 37.6 Å². The molecule has 0 radical (unpaired) electrons. The second-order valence-electron chi connectivity index (χ2n) is 7.42. The van der Waals surface area contributed by atoms with Crippen molar-refractivity contribution in [2.75, 3.05) is 32.7 Å². The molecule has 0 bridgehead atoms. The molecular formula is C16H31N3O2. The minimum absolute atomic E-state index is 0.0757. The molecule has 0 aromatic heterocycles. The van der Waals surface area contributed by atoms with E-state index >= 15 is 0 Å². The Kier molecular flexibility index (Phi) is 6.20. The van der Waals surface area contributed by atoms with Crippen LogP contribution in [0.25, 0.3) is 0 Å². The minimum Gasteiger partial charge on any atom is -0.352 e. The molecule has 122 valence electrons. The summed E-state index contributed by atoms with van der Waals surface area (Å²) in [5.74, 6) is 0.710. The fraction of sp³-hybridized carbons (Fsp3) is 0.875. The number of hydrogen-bond acceptors (Lipinski definition) is 3. The number of carbonyl (C=O) groups excluding carboxylic acids is 2. The second kappa shape index (κ2) is 7.25. The predicted molar refractivity (Wildman–Crippen MR) is 84.9 cm³/mol. The maximum atomic E-state index is 12.2. The molecule has 0 aromatic rings. The highest BCUT2D eigenvalue weighted by molar-refractivity contribution is 5.81. The average Bonchev–Trinajstić information content (AvgIpc) is 2.37. The molecule has 2 amide bonds. The van der Waals surface area contributed by atoms with E-state index in [1.807, 2.05) is 32.6 Å². The molecule has 0 aromatic carbocycles. The Labute approximate surface area is 129 Å². The topological polar surface area (TPSA) is 52.7 Å². The summed E-state index contributed by atoms with van der Waals surface area (Å²) in [5, 5.41) is 3.02. The van der Waals surface area contributed by atoms with Crippen LogP contribution in [0.5, 0.6) is 0 Å². The Morgan fingerprint density at radius 1 is 1.05 bits per heavy atom. The van der Waals surface area contributed by atoms with Gasteiger partial charge in [0.05, 0.1) is 6.54 Å². The van der Waals surface area contributed by atoms with Gasteiger partial charge in [-0.2, -0.15) is 0 Å². The molecule has 21 heavy (non-hydrogen) atoms. The Balaban J connectivity index is 2.37. The van der Waals surface area contributed by atoms with Gasteiger partial charge in [-0.25, -0.2) is 0 Å². The smallest absolute Gasteiger partial charge is 0.234 e. The highest BCUT2D eigenvalue weighted by atomic mass is 16.2. The van der Waals surface area contributed by atoms with Crippen molar-refractivity contribution in [1.82, 2.24) is 15.1 Å². The lowest BCUT2D eigenvalue weighted by Crippen LogP contribution is -2.53. The molecule has 1 fully saturated rings. The van der Waals surface area contributed by atoms with Crippen LogP contribution in [-0.4, -0.2) is 60.4 Å². The third-order valence-electron chi connectivity index (χ3n) is 4.06. The third kappa shape index (κ3) is 5.65. The quantitative estimate of drug-likeness (QED) is 0.852. The Morgan fingerprint density at radius 3 is 2.00 bits per heavy atom. The first-order valence-corrected chi connectivity index (χ1v) is 7.92. The summed E-state index contributed by atoms with van der Waals surface area (Å²) < 4.78 is 0. The molecule has 1 atom stereocenters. The van der Waals surface area contributed by atoms with Gasteiger partial charge < -0.3 is 10.2 Å². The summed E-state index contributed by atoms with van der Waals surface area (Å²) in [6.45, 7) is 15.5. The van der Waals surface area contributed by atoms with E-state index < -0.39 is 0 Å². The molecular weight excluding hydrogens is 266 g/mol. The third-order valence-corrected chi connectivity index (χ3v) is 4.06. The molecule has 1 saturated heterocycles. The SMILES string of the molecule is CC(C)C(C)NC(=O)CN1CCN(C(=O)C(C)(C)C)CC1. The van der Waals surface area contributed by atoms with Gasteiger partial charge in [-0.15, -0.1) is 0 Å². The van der Waals surface area contributed by atoms with Crippen LogP contribution >= 0.6 is 0 Å². The fourth-order valence-electron chi connectivity index (χ4n) is 2.25. The number of amides is 2. The van der Waals surface area contributed by atoms with Crippen molar-refractivity contribution >= 4 is 11.8 Å². The molecule has 1 N–H and O–H groups in total. The van der Waals surface area contributed by atoms with E-state index in [-0.39, 0.29) is 23.3 Å². The van der Waals surface area contributed by atoms with Gasteiger partial charge in [-0.3, -0.25) is 14.5 Å². The largest absolute Gasteiger partial charge is 0.352 e. The van der Waals surface area contributed by atoms with Gasteiger partial charge in [0.1, 0.15) is 0 Å². The van der Waals surface area contributed by atoms with Crippen LogP contribution in [0.1, 0.15) is 41.5 Å². The van der Waals surface area contributed by atoms with Crippen molar-refractivity contribution in [3.05, 3.63) is 0 Å². The number of hydrogen-bond donors (Lipinski definition) is 1. The first-order valence-electron chi connectivity index (χ1n) is 7.92. The summed E-state index contributed by atoms with van der Waals surface area (Å²) in [7, 11) is 0. The van der Waals surface area contributed by atoms with Crippen molar-refractivity contribution in [3.63, 3.8) is 0 Å². The van der Waals surface area contributed by atoms with Crippen molar-refractivity contribution in [2.24, 2.45) is 11.3 Å². The predicted octanol–water partition coefficient (Wildman–Crippen LogP) is 1.34. The van der Waals surface area contributed by atoms with Crippen LogP contribution in [0.2, 0.25) is 0 Å². The monoisotopic (exact) mass is 297 g/mol. The van der Waals surface area contributed by atoms with Crippen LogP contribution < -0.4 is 5.32 Å². The van der Waals surface area contributed by atoms with Gasteiger partial charge in [0.15, 0.2) is 0 Å². The normalized spacial score (nSPS) is 18.7. The zero-order valence-electron chi connectivity index (χ0n) is 14.4. The molecule has 1 aliphatic heterocycles. The number of nitrogens with zero attached hydrogens (tertiary/aromatic N) is 2. The van der Waals surface area contributed by atoms with E-state index in [2.05, 4.69) is 24.1 Å². The molecule has 1 rings (SSSR count). The maximum absolute atomic E-state index is 12.2. The summed E-state index contributed by atoms with van der Waals surface area (Å²) in [6, 6.07) is 0.196. The van der Waals surface area contributed by atoms with Crippen molar-refractivity contribution in [2.45, 2.75) is 47.6 Å². The molecule has 0 spiro atoms. The summed E-state index contributed by atoms with van der Waals surface area (Å²) in [5.41, 5.74) is -0.327. The Morgan fingerprint density at radius 2 is 1.57 bits per heavy atom. The maximum Gasteiger partial charge on any atom is 0.234 e. The van der Waals surface area contributed by atoms with Crippen LogP contribution in [0.15, 0.2) is 0 Å². The average molecular weight is 297 g/mol. The van der Waals surface area contributed by atoms with Crippen LogP contribution in [0, 0.1) is 11.3 Å². The molecule has 1 unspecified atom stereocenters. The Bertz CT molecular complexity index is 366. The van der Waals surface area contributed by atoms with E-state index in [4.69, 9.17) is 0 Å². The molecule has 1 heterocycles. The fourth-order valence-corrected chi connectivity index (χ4v) is 2.25. The van der Waals surface area contributed by atoms with E-state index in [1.54, 1.807) is 0 Å². The second-order valence-corrected chi connectivity index (χ2v) is 7.42. The standard InChI is InChI=1S/C16H31N3O2/c1-12(2)13(3)17-14(20)11-18-7-9-19(10-8-18)15(21)16(4,5)6/h12-13H,7-11H2,1-6H3,(H,17,20). The zero-order valence-corrected chi connectivity index (χ0v) is 14.4. The Hall–Kier alpha value is -1.10. The molecule has 1 aliphatic rings. The summed E-state index contributed by atoms with van der Waals surface area (Å²) >= 11 is 0. The number of piperazine rings is 1. The van der Waals surface area contributed by atoms with E-state index in [1.165, 1.54) is 0 Å². The van der Waals surface area contributed by atoms with Gasteiger partial charge in [-0.1, -0.05) is 34.6 Å². The van der Waals surface area contributed by atoms with E-state index in [0.717, 1.165) is 13.1 Å². The van der Waals surface area contributed by atoms with E-state index in [0.29, 0.717) is 25.6 Å². The summed E-state index contributed by atoms with van der Waals surface area (Å²) in [4.78, 5) is 28.2. The molecule has 0 saturated carbocycles. The van der Waals surface area contributed by atoms with Crippen molar-refractivity contribution < 1.29 is 9.59 Å². The highest BCUT2D eigenvalue weighted by Crippen LogP contribution is 2.18. The van der Waals surface area contributed by atoms with Crippen molar-refractivity contribution in [1.29, 1.82) is 0 Å². The lowest BCUT2D eigenvalue weighted by atomic mass is 9.94. The van der Waals surface area contributed by atoms with E-state index in [9.17, 15) is 9.59 Å². The first-order chi connectivity index (χ1) is 9.61.